The molecular weight excluding hydrogens is 471 g/mol. The second kappa shape index (κ2) is 7.79. The lowest BCUT2D eigenvalue weighted by Crippen LogP contribution is -2.00. The van der Waals surface area contributed by atoms with E-state index < -0.39 is 17.4 Å². The highest BCUT2D eigenvalue weighted by molar-refractivity contribution is 14.2. The van der Waals surface area contributed by atoms with Gasteiger partial charge in [-0.3, -0.25) is 8.77 Å². The number of fused-ring (bicyclic) bond motifs is 1. The minimum absolute atomic E-state index is 0.0507. The summed E-state index contributed by atoms with van der Waals surface area (Å²) in [6, 6.07) is 7.08. The van der Waals surface area contributed by atoms with Gasteiger partial charge < -0.3 is 4.74 Å². The molecule has 0 unspecified atom stereocenters. The molecule has 0 spiro atoms. The highest BCUT2D eigenvalue weighted by atomic mass is 127. The van der Waals surface area contributed by atoms with Crippen LogP contribution in [0.5, 0.6) is 11.5 Å². The molecule has 0 aliphatic carbocycles. The molecule has 0 saturated carbocycles. The number of benzene rings is 2. The van der Waals surface area contributed by atoms with Crippen molar-refractivity contribution in [2.45, 2.75) is 13.3 Å². The average molecular weight is 485 g/mol. The van der Waals surface area contributed by atoms with E-state index in [-0.39, 0.29) is 17.1 Å². The first-order chi connectivity index (χ1) is 12.5. The SMILES string of the molecule is C=CCc1c(Oc2ccc(F)c(C(C)=O)c2)c(F)cc2c1ccn2SI. The van der Waals surface area contributed by atoms with E-state index in [0.29, 0.717) is 12.0 Å². The van der Waals surface area contributed by atoms with Crippen LogP contribution < -0.4 is 4.74 Å². The Morgan fingerprint density at radius 3 is 2.73 bits per heavy atom. The minimum Gasteiger partial charge on any atom is -0.454 e. The monoisotopic (exact) mass is 485 g/mol. The summed E-state index contributed by atoms with van der Waals surface area (Å²) in [4.78, 5) is 11.5. The molecule has 0 atom stereocenters. The minimum atomic E-state index is -0.636. The molecule has 2 aromatic carbocycles. The Morgan fingerprint density at radius 2 is 2.08 bits per heavy atom. The van der Waals surface area contributed by atoms with E-state index in [2.05, 4.69) is 27.8 Å². The molecule has 0 N–H and O–H groups in total. The van der Waals surface area contributed by atoms with Crippen LogP contribution in [0.4, 0.5) is 8.78 Å². The third kappa shape index (κ3) is 3.50. The Balaban J connectivity index is 2.14. The number of halogens is 3. The van der Waals surface area contributed by atoms with Crippen LogP contribution in [0, 0.1) is 11.6 Å². The van der Waals surface area contributed by atoms with Crippen LogP contribution in [-0.4, -0.2) is 9.76 Å². The maximum atomic E-state index is 14.8. The molecule has 0 saturated heterocycles. The van der Waals surface area contributed by atoms with Crippen LogP contribution in [0.25, 0.3) is 10.9 Å². The van der Waals surface area contributed by atoms with E-state index in [0.717, 1.165) is 17.0 Å². The zero-order chi connectivity index (χ0) is 18.8. The highest BCUT2D eigenvalue weighted by Gasteiger charge is 2.18. The van der Waals surface area contributed by atoms with Gasteiger partial charge in [-0.25, -0.2) is 8.78 Å². The molecule has 1 heterocycles. The molecule has 3 rings (SSSR count). The maximum absolute atomic E-state index is 14.8. The van der Waals surface area contributed by atoms with Gasteiger partial charge in [0.25, 0.3) is 0 Å². The Bertz CT molecular complexity index is 1020. The molecular formula is C19H14F2INO2S. The second-order valence-electron chi connectivity index (χ2n) is 5.60. The van der Waals surface area contributed by atoms with Crippen LogP contribution in [0.3, 0.4) is 0 Å². The summed E-state index contributed by atoms with van der Waals surface area (Å²) in [6.07, 6.45) is 3.92. The molecule has 0 amide bonds. The predicted molar refractivity (Wildman–Crippen MR) is 109 cm³/mol. The van der Waals surface area contributed by atoms with Crippen molar-refractivity contribution < 1.29 is 18.3 Å². The van der Waals surface area contributed by atoms with Crippen molar-refractivity contribution in [2.24, 2.45) is 0 Å². The lowest BCUT2D eigenvalue weighted by atomic mass is 10.0. The van der Waals surface area contributed by atoms with Gasteiger partial charge in [-0.2, -0.15) is 0 Å². The molecule has 0 fully saturated rings. The standard InChI is InChI=1S/C19H14F2INO2S/c1-3-4-14-13-7-8-23(26-22)18(13)10-17(21)19(14)25-12-5-6-16(20)15(9-12)11(2)24/h3,5-10H,1,4H2,2H3. The molecule has 3 nitrogen and oxygen atoms in total. The summed E-state index contributed by atoms with van der Waals surface area (Å²) in [5.74, 6) is -1.35. The lowest BCUT2D eigenvalue weighted by molar-refractivity contribution is 0.101. The fourth-order valence-corrected chi connectivity index (χ4v) is 4.11. The van der Waals surface area contributed by atoms with Crippen molar-refractivity contribution in [2.75, 3.05) is 0 Å². The zero-order valence-electron chi connectivity index (χ0n) is 13.8. The number of allylic oxidation sites excluding steroid dienone is 1. The normalized spacial score (nSPS) is 10.9. The van der Waals surface area contributed by atoms with Crippen LogP contribution in [0.1, 0.15) is 22.8 Å². The van der Waals surface area contributed by atoms with Gasteiger partial charge in [0.2, 0.25) is 0 Å². The number of nitrogens with zero attached hydrogens (tertiary/aromatic N) is 1. The number of ether oxygens (including phenoxy) is 1. The molecule has 0 bridgehead atoms. The Labute approximate surface area is 165 Å². The Hall–Kier alpha value is -1.87. The van der Waals surface area contributed by atoms with E-state index in [1.165, 1.54) is 34.2 Å². The largest absolute Gasteiger partial charge is 0.454 e. The zero-order valence-corrected chi connectivity index (χ0v) is 16.7. The van der Waals surface area contributed by atoms with E-state index in [1.807, 2.05) is 16.2 Å². The Kier molecular flexibility index (Phi) is 5.67. The summed E-state index contributed by atoms with van der Waals surface area (Å²) in [5, 5.41) is 0.847. The van der Waals surface area contributed by atoms with Crippen molar-refractivity contribution in [3.63, 3.8) is 0 Å². The number of hydrogen-bond acceptors (Lipinski definition) is 3. The van der Waals surface area contributed by atoms with Crippen molar-refractivity contribution in [3.8, 4) is 11.5 Å². The fraction of sp³-hybridized carbons (Fsp3) is 0.105. The number of carbonyl (C=O) groups excluding carboxylic acids is 1. The van der Waals surface area contributed by atoms with Crippen LogP contribution >= 0.6 is 30.3 Å². The summed E-state index contributed by atoms with van der Waals surface area (Å²) in [5.41, 5.74) is 1.28. The van der Waals surface area contributed by atoms with Crippen molar-refractivity contribution in [1.82, 2.24) is 3.97 Å². The molecule has 0 aliphatic rings. The van der Waals surface area contributed by atoms with E-state index >= 15 is 0 Å². The first-order valence-electron chi connectivity index (χ1n) is 7.67. The van der Waals surface area contributed by atoms with E-state index in [4.69, 9.17) is 4.74 Å². The lowest BCUT2D eigenvalue weighted by Gasteiger charge is -2.14. The maximum Gasteiger partial charge on any atom is 0.168 e. The van der Waals surface area contributed by atoms with Gasteiger partial charge in [0.1, 0.15) is 11.6 Å². The summed E-state index contributed by atoms with van der Waals surface area (Å²) >= 11 is 2.12. The van der Waals surface area contributed by atoms with Crippen LogP contribution in [-0.2, 0) is 6.42 Å². The summed E-state index contributed by atoms with van der Waals surface area (Å²) < 4.78 is 36.1. The molecule has 0 radical (unpaired) electrons. The second-order valence-corrected chi connectivity index (χ2v) is 7.32. The van der Waals surface area contributed by atoms with Gasteiger partial charge in [-0.15, -0.1) is 6.58 Å². The number of rotatable bonds is 6. The van der Waals surface area contributed by atoms with Crippen molar-refractivity contribution in [3.05, 3.63) is 71.9 Å². The number of hydrogen-bond donors (Lipinski definition) is 0. The molecule has 26 heavy (non-hydrogen) atoms. The van der Waals surface area contributed by atoms with Crippen LogP contribution in [0.15, 0.2) is 49.2 Å². The summed E-state index contributed by atoms with van der Waals surface area (Å²) in [6.45, 7) is 5.00. The van der Waals surface area contributed by atoms with Crippen molar-refractivity contribution in [1.29, 1.82) is 0 Å². The number of aromatic nitrogens is 1. The van der Waals surface area contributed by atoms with E-state index in [1.54, 1.807) is 6.08 Å². The Morgan fingerprint density at radius 1 is 1.31 bits per heavy atom. The highest BCUT2D eigenvalue weighted by Crippen LogP contribution is 2.37. The van der Waals surface area contributed by atoms with E-state index in [9.17, 15) is 13.6 Å². The molecule has 1 aromatic heterocycles. The van der Waals surface area contributed by atoms with Crippen molar-refractivity contribution >= 4 is 47.0 Å². The average Bonchev–Trinajstić information content (AvgIpc) is 3.01. The fourth-order valence-electron chi connectivity index (χ4n) is 2.75. The molecule has 3 aromatic rings. The van der Waals surface area contributed by atoms with Gasteiger partial charge in [0.15, 0.2) is 17.3 Å². The third-order valence-electron chi connectivity index (χ3n) is 3.93. The smallest absolute Gasteiger partial charge is 0.168 e. The van der Waals surface area contributed by atoms with Gasteiger partial charge in [0.05, 0.1) is 11.1 Å². The third-order valence-corrected chi connectivity index (χ3v) is 5.67. The topological polar surface area (TPSA) is 31.2 Å². The molecule has 134 valence electrons. The van der Waals surface area contributed by atoms with Gasteiger partial charge in [0, 0.05) is 53.5 Å². The van der Waals surface area contributed by atoms with Crippen LogP contribution in [0.2, 0.25) is 0 Å². The predicted octanol–water partition coefficient (Wildman–Crippen LogP) is 6.49. The first-order valence-corrected chi connectivity index (χ1v) is 11.0. The first kappa shape index (κ1) is 18.9. The summed E-state index contributed by atoms with van der Waals surface area (Å²) in [7, 11) is 1.43. The molecule has 7 heteroatoms. The van der Waals surface area contributed by atoms with Gasteiger partial charge in [-0.05, 0) is 37.6 Å². The quantitative estimate of drug-likeness (QED) is 0.227. The number of carbonyl (C=O) groups is 1. The van der Waals surface area contributed by atoms with Gasteiger partial charge in [-0.1, -0.05) is 6.08 Å². The van der Waals surface area contributed by atoms with Gasteiger partial charge >= 0.3 is 0 Å². The number of ketones is 1. The molecule has 0 aliphatic heterocycles. The number of Topliss-reactive ketones (excluding diaryl/α,β-unsaturated/α-hetero) is 1.